The van der Waals surface area contributed by atoms with E-state index in [0.29, 0.717) is 17.9 Å². The van der Waals surface area contributed by atoms with E-state index < -0.39 is 5.97 Å². The molecule has 0 bridgehead atoms. The number of aromatic nitrogens is 1. The van der Waals surface area contributed by atoms with E-state index in [2.05, 4.69) is 44.1 Å². The van der Waals surface area contributed by atoms with Gasteiger partial charge in [-0.1, -0.05) is 28.1 Å². The van der Waals surface area contributed by atoms with Crippen LogP contribution in [0.1, 0.15) is 11.1 Å². The van der Waals surface area contributed by atoms with E-state index >= 15 is 0 Å². The third-order valence-corrected chi connectivity index (χ3v) is 7.08. The first-order chi connectivity index (χ1) is 15.4. The Hall–Kier alpha value is -3.29. The molecule has 2 heterocycles. The van der Waals surface area contributed by atoms with E-state index in [1.807, 2.05) is 36.5 Å². The molecule has 0 unspecified atom stereocenters. The molecule has 0 aliphatic heterocycles. The molecule has 5 rings (SSSR count). The summed E-state index contributed by atoms with van der Waals surface area (Å²) >= 11 is 5.28. The van der Waals surface area contributed by atoms with Crippen LogP contribution in [0.3, 0.4) is 0 Å². The van der Waals surface area contributed by atoms with Crippen LogP contribution < -0.4 is 11.5 Å². The third-order valence-electron chi connectivity index (χ3n) is 5.57. The second-order valence-corrected chi connectivity index (χ2v) is 9.70. The number of hydrogen-bond acceptors (Lipinski definition) is 4. The second-order valence-electron chi connectivity index (χ2n) is 7.87. The van der Waals surface area contributed by atoms with Gasteiger partial charge in [-0.05, 0) is 75.5 Å². The fourth-order valence-corrected chi connectivity index (χ4v) is 5.48. The van der Waals surface area contributed by atoms with Crippen molar-refractivity contribution in [1.82, 2.24) is 4.57 Å². The van der Waals surface area contributed by atoms with Gasteiger partial charge in [-0.3, -0.25) is 4.79 Å². The molecule has 0 saturated carbocycles. The molecule has 0 atom stereocenters. The number of carboxylic acid groups (broad SMARTS) is 1. The first-order valence-corrected chi connectivity index (χ1v) is 11.7. The van der Waals surface area contributed by atoms with Gasteiger partial charge in [0.1, 0.15) is 0 Å². The predicted molar refractivity (Wildman–Crippen MR) is 136 cm³/mol. The molecule has 0 radical (unpaired) electrons. The van der Waals surface area contributed by atoms with Crippen molar-refractivity contribution < 1.29 is 9.90 Å². The fraction of sp³-hybridized carbons (Fsp3) is 0.0800. The van der Waals surface area contributed by atoms with Crippen LogP contribution in [0.15, 0.2) is 70.6 Å². The lowest BCUT2D eigenvalue weighted by molar-refractivity contribution is -0.136. The zero-order chi connectivity index (χ0) is 22.4. The quantitative estimate of drug-likeness (QED) is 0.250. The molecule has 0 amide bonds. The summed E-state index contributed by atoms with van der Waals surface area (Å²) < 4.78 is 4.39. The number of rotatable bonds is 5. The van der Waals surface area contributed by atoms with Crippen molar-refractivity contribution in [1.29, 1.82) is 0 Å². The average molecular weight is 506 g/mol. The highest BCUT2D eigenvalue weighted by atomic mass is 79.9. The van der Waals surface area contributed by atoms with E-state index in [9.17, 15) is 9.90 Å². The number of fused-ring (bicyclic) bond motifs is 2. The molecule has 0 aliphatic rings. The van der Waals surface area contributed by atoms with Crippen LogP contribution in [0.5, 0.6) is 0 Å². The van der Waals surface area contributed by atoms with Gasteiger partial charge in [0, 0.05) is 44.2 Å². The number of nitrogen functional groups attached to an aromatic ring is 2. The summed E-state index contributed by atoms with van der Waals surface area (Å²) in [6.07, 6.45) is 1.93. The molecule has 5 N–H and O–H groups in total. The summed E-state index contributed by atoms with van der Waals surface area (Å²) in [5, 5.41) is 13.7. The number of thiophene rings is 1. The largest absolute Gasteiger partial charge is 0.481 e. The number of anilines is 2. The van der Waals surface area contributed by atoms with Crippen LogP contribution in [-0.4, -0.2) is 15.6 Å². The molecule has 0 spiro atoms. The van der Waals surface area contributed by atoms with E-state index in [4.69, 9.17) is 11.5 Å². The van der Waals surface area contributed by atoms with E-state index in [-0.39, 0.29) is 6.42 Å². The van der Waals surface area contributed by atoms with Crippen molar-refractivity contribution in [2.24, 2.45) is 0 Å². The molecule has 0 aliphatic carbocycles. The molecule has 0 fully saturated rings. The highest BCUT2D eigenvalue weighted by Crippen LogP contribution is 2.33. The summed E-state index contributed by atoms with van der Waals surface area (Å²) in [7, 11) is 0. The van der Waals surface area contributed by atoms with E-state index in [0.717, 1.165) is 32.1 Å². The summed E-state index contributed by atoms with van der Waals surface area (Å²) in [5.41, 5.74) is 18.1. The Kier molecular flexibility index (Phi) is 5.15. The normalized spacial score (nSPS) is 11.4. The van der Waals surface area contributed by atoms with Gasteiger partial charge in [0.25, 0.3) is 0 Å². The minimum absolute atomic E-state index is 0.0238. The molecule has 3 aromatic carbocycles. The molecule has 7 heteroatoms. The van der Waals surface area contributed by atoms with Crippen LogP contribution in [0, 0.1) is 0 Å². The SMILES string of the molecule is Nc1cc(N)cc(-c2ccc3c(CC(=O)O)cn(Cc4csc5ccc(Br)cc45)c3c2)c1. The monoisotopic (exact) mass is 505 g/mol. The number of nitrogens with zero attached hydrogens (tertiary/aromatic N) is 1. The first kappa shape index (κ1) is 20.6. The molecule has 2 aromatic heterocycles. The number of hydrogen-bond donors (Lipinski definition) is 3. The van der Waals surface area contributed by atoms with Gasteiger partial charge in [-0.2, -0.15) is 0 Å². The van der Waals surface area contributed by atoms with Gasteiger partial charge in [-0.15, -0.1) is 11.3 Å². The van der Waals surface area contributed by atoms with Crippen molar-refractivity contribution in [3.63, 3.8) is 0 Å². The van der Waals surface area contributed by atoms with E-state index in [1.54, 1.807) is 17.4 Å². The minimum atomic E-state index is -0.846. The van der Waals surface area contributed by atoms with Gasteiger partial charge in [0.2, 0.25) is 0 Å². The number of halogens is 1. The van der Waals surface area contributed by atoms with Gasteiger partial charge in [0.15, 0.2) is 0 Å². The summed E-state index contributed by atoms with van der Waals surface area (Å²) in [6.45, 7) is 0.648. The smallest absolute Gasteiger partial charge is 0.307 e. The van der Waals surface area contributed by atoms with Crippen molar-refractivity contribution in [2.75, 3.05) is 11.5 Å². The Balaban J connectivity index is 1.66. The average Bonchev–Trinajstić information content (AvgIpc) is 3.28. The minimum Gasteiger partial charge on any atom is -0.481 e. The Morgan fingerprint density at radius 1 is 0.938 bits per heavy atom. The summed E-state index contributed by atoms with van der Waals surface area (Å²) in [6, 6.07) is 17.9. The fourth-order valence-electron chi connectivity index (χ4n) is 4.19. The molecular formula is C25H20BrN3O2S. The number of benzene rings is 3. The Labute approximate surface area is 197 Å². The molecule has 5 aromatic rings. The van der Waals surface area contributed by atoms with Crippen molar-refractivity contribution in [3.05, 3.63) is 81.8 Å². The molecule has 160 valence electrons. The second kappa shape index (κ2) is 8.00. The van der Waals surface area contributed by atoms with Crippen LogP contribution in [-0.2, 0) is 17.8 Å². The Morgan fingerprint density at radius 3 is 2.47 bits per heavy atom. The van der Waals surface area contributed by atoms with E-state index in [1.165, 1.54) is 15.6 Å². The maximum atomic E-state index is 11.5. The van der Waals surface area contributed by atoms with Crippen LogP contribution in [0.25, 0.3) is 32.1 Å². The lowest BCUT2D eigenvalue weighted by Gasteiger charge is -2.09. The zero-order valence-corrected chi connectivity index (χ0v) is 19.4. The standard InChI is InChI=1S/C25H20BrN3O2S/c26-18-2-4-24-22(9-18)17(13-32-24)12-29-11-16(8-25(30)31)21-3-1-14(7-23(21)29)15-5-19(27)10-20(28)6-15/h1-7,9-11,13H,8,12,27-28H2,(H,30,31). The number of aliphatic carboxylic acids is 1. The van der Waals surface area contributed by atoms with Gasteiger partial charge < -0.3 is 21.1 Å². The number of nitrogens with two attached hydrogens (primary N) is 2. The lowest BCUT2D eigenvalue weighted by Crippen LogP contribution is -2.00. The first-order valence-electron chi connectivity index (χ1n) is 10.0. The molecule has 5 nitrogen and oxygen atoms in total. The van der Waals surface area contributed by atoms with Gasteiger partial charge in [-0.25, -0.2) is 0 Å². The summed E-state index contributed by atoms with van der Waals surface area (Å²) in [5.74, 6) is -0.846. The van der Waals surface area contributed by atoms with Crippen LogP contribution in [0.2, 0.25) is 0 Å². The Bertz CT molecular complexity index is 1480. The van der Waals surface area contributed by atoms with Crippen LogP contribution in [0.4, 0.5) is 11.4 Å². The lowest BCUT2D eigenvalue weighted by atomic mass is 10.0. The molecule has 0 saturated heterocycles. The Morgan fingerprint density at radius 2 is 1.72 bits per heavy atom. The van der Waals surface area contributed by atoms with Crippen LogP contribution >= 0.6 is 27.3 Å². The zero-order valence-electron chi connectivity index (χ0n) is 17.0. The van der Waals surface area contributed by atoms with Crippen molar-refractivity contribution in [2.45, 2.75) is 13.0 Å². The third kappa shape index (κ3) is 3.85. The van der Waals surface area contributed by atoms with Crippen molar-refractivity contribution in [3.8, 4) is 11.1 Å². The van der Waals surface area contributed by atoms with Gasteiger partial charge in [0.05, 0.1) is 6.42 Å². The van der Waals surface area contributed by atoms with Gasteiger partial charge >= 0.3 is 5.97 Å². The van der Waals surface area contributed by atoms with Crippen molar-refractivity contribution >= 4 is 65.6 Å². The topological polar surface area (TPSA) is 94.3 Å². The number of carbonyl (C=O) groups is 1. The highest BCUT2D eigenvalue weighted by molar-refractivity contribution is 9.10. The highest BCUT2D eigenvalue weighted by Gasteiger charge is 2.15. The summed E-state index contributed by atoms with van der Waals surface area (Å²) in [4.78, 5) is 11.5. The maximum absolute atomic E-state index is 11.5. The maximum Gasteiger partial charge on any atom is 0.307 e. The molecule has 32 heavy (non-hydrogen) atoms. The molecular weight excluding hydrogens is 486 g/mol. The predicted octanol–water partition coefficient (Wildman–Crippen LogP) is 6.13. The number of carboxylic acids is 1.